The Balaban J connectivity index is 1.34. The summed E-state index contributed by atoms with van der Waals surface area (Å²) < 4.78 is 12.3. The molecule has 2 N–H and O–H groups in total. The summed E-state index contributed by atoms with van der Waals surface area (Å²) in [6, 6.07) is 19.3. The number of nitrogens with zero attached hydrogens (tertiary/aromatic N) is 5. The highest BCUT2D eigenvalue weighted by Gasteiger charge is 2.37. The molecule has 1 amide bonds. The quantitative estimate of drug-likeness (QED) is 0.160. The zero-order chi connectivity index (χ0) is 31.5. The molecule has 0 saturated carbocycles. The van der Waals surface area contributed by atoms with E-state index in [1.54, 1.807) is 44.6 Å². The van der Waals surface area contributed by atoms with E-state index in [1.807, 2.05) is 48.5 Å². The molecule has 0 radical (unpaired) electrons. The van der Waals surface area contributed by atoms with E-state index >= 15 is 0 Å². The smallest absolute Gasteiger partial charge is 0.409 e. The van der Waals surface area contributed by atoms with Crippen molar-refractivity contribution in [1.29, 1.82) is 0 Å². The number of carbonyl (C=O) groups excluding carboxylic acids is 2. The first-order valence-corrected chi connectivity index (χ1v) is 14.6. The lowest BCUT2D eigenvalue weighted by Crippen LogP contribution is -2.62. The van der Waals surface area contributed by atoms with Gasteiger partial charge in [-0.25, -0.2) is 19.3 Å². The number of alkyl carbamates (subject to hydrolysis) is 1. The lowest BCUT2D eigenvalue weighted by atomic mass is 10.1. The highest BCUT2D eigenvalue weighted by Crippen LogP contribution is 2.27. The number of halogens is 1. The summed E-state index contributed by atoms with van der Waals surface area (Å²) >= 11 is 6.69. The molecule has 0 bridgehead atoms. The fourth-order valence-corrected chi connectivity index (χ4v) is 4.84. The van der Waals surface area contributed by atoms with Crippen LogP contribution >= 0.6 is 11.6 Å². The number of rotatable bonds is 9. The molecule has 5 rings (SSSR count). The third-order valence-electron chi connectivity index (χ3n) is 6.78. The van der Waals surface area contributed by atoms with Crippen LogP contribution in [-0.4, -0.2) is 54.9 Å². The van der Waals surface area contributed by atoms with Gasteiger partial charge < -0.3 is 9.47 Å². The van der Waals surface area contributed by atoms with E-state index in [1.165, 1.54) is 6.92 Å². The molecule has 0 fully saturated rings. The molecule has 0 unspecified atom stereocenters. The number of nitrogens with one attached hydrogen (secondary N) is 2. The summed E-state index contributed by atoms with van der Waals surface area (Å²) in [5, 5.41) is 15.8. The lowest BCUT2D eigenvalue weighted by Gasteiger charge is -2.31. The number of carbonyl (C=O) groups is 2. The Bertz CT molecular complexity index is 1840. The lowest BCUT2D eigenvalue weighted by molar-refractivity contribution is -0.152. The van der Waals surface area contributed by atoms with E-state index in [0.29, 0.717) is 34.0 Å². The molecule has 0 saturated heterocycles. The van der Waals surface area contributed by atoms with Crippen LogP contribution in [0.5, 0.6) is 0 Å². The maximum atomic E-state index is 12.8. The highest BCUT2D eigenvalue weighted by molar-refractivity contribution is 6.31. The second-order valence-corrected chi connectivity index (χ2v) is 11.9. The monoisotopic (exact) mass is 615 g/mol. The fraction of sp³-hybridized carbons (Fsp3) is 0.312. The standard InChI is InChI=1S/C32H34ClN7O4/c1-6-43-29(41)32(5,37-30(42)44-31(2,3)4)35-18-23-11-10-22(17-24(23)33)26-13-14-27-28(36-26)40(39-38-27)19-20-9-12-25-21(16-20)8-7-15-34-25/h7-17,35H,6,18-19H2,1-5H3,(H,37,42)/t32-/m0/s1. The van der Waals surface area contributed by atoms with Crippen molar-refractivity contribution >= 4 is 45.7 Å². The molecule has 11 nitrogen and oxygen atoms in total. The first-order valence-electron chi connectivity index (χ1n) is 14.2. The van der Waals surface area contributed by atoms with Gasteiger partial charge in [-0.1, -0.05) is 41.1 Å². The van der Waals surface area contributed by atoms with Crippen LogP contribution in [-0.2, 0) is 27.4 Å². The number of pyridine rings is 2. The molecule has 12 heteroatoms. The van der Waals surface area contributed by atoms with Crippen LogP contribution in [0.3, 0.4) is 0 Å². The van der Waals surface area contributed by atoms with Crippen LogP contribution in [0.2, 0.25) is 5.02 Å². The van der Waals surface area contributed by atoms with Crippen LogP contribution in [0.1, 0.15) is 45.7 Å². The molecule has 44 heavy (non-hydrogen) atoms. The summed E-state index contributed by atoms with van der Waals surface area (Å²) in [6.07, 6.45) is 1.02. The molecule has 1 atom stereocenters. The van der Waals surface area contributed by atoms with Gasteiger partial charge in [0.1, 0.15) is 11.1 Å². The van der Waals surface area contributed by atoms with Crippen molar-refractivity contribution < 1.29 is 19.1 Å². The van der Waals surface area contributed by atoms with Gasteiger partial charge in [-0.05, 0) is 82.1 Å². The number of fused-ring (bicyclic) bond motifs is 2. The van der Waals surface area contributed by atoms with Crippen LogP contribution in [0, 0.1) is 0 Å². The van der Waals surface area contributed by atoms with E-state index in [9.17, 15) is 9.59 Å². The van der Waals surface area contributed by atoms with Crippen molar-refractivity contribution in [3.8, 4) is 11.3 Å². The minimum Gasteiger partial charge on any atom is -0.463 e. The van der Waals surface area contributed by atoms with Crippen LogP contribution in [0.4, 0.5) is 4.79 Å². The Labute approximate surface area is 259 Å². The molecule has 5 aromatic rings. The Morgan fingerprint density at radius 1 is 1.00 bits per heavy atom. The molecular weight excluding hydrogens is 582 g/mol. The van der Waals surface area contributed by atoms with Gasteiger partial charge in [0.05, 0.1) is 24.4 Å². The van der Waals surface area contributed by atoms with Crippen molar-refractivity contribution in [3.63, 3.8) is 0 Å². The number of amides is 1. The molecule has 0 aliphatic rings. The molecule has 3 heterocycles. The van der Waals surface area contributed by atoms with Gasteiger partial charge in [-0.3, -0.25) is 15.6 Å². The third kappa shape index (κ3) is 7.12. The molecule has 3 aromatic heterocycles. The van der Waals surface area contributed by atoms with E-state index in [-0.39, 0.29) is 13.2 Å². The van der Waals surface area contributed by atoms with Gasteiger partial charge in [-0.2, -0.15) is 0 Å². The van der Waals surface area contributed by atoms with Crippen LogP contribution < -0.4 is 10.6 Å². The van der Waals surface area contributed by atoms with E-state index in [0.717, 1.165) is 22.0 Å². The number of ether oxygens (including phenoxy) is 2. The van der Waals surface area contributed by atoms with Crippen molar-refractivity contribution in [1.82, 2.24) is 35.6 Å². The Kier molecular flexibility index (Phi) is 8.80. The van der Waals surface area contributed by atoms with Gasteiger partial charge in [0.25, 0.3) is 0 Å². The largest absolute Gasteiger partial charge is 0.463 e. The summed E-state index contributed by atoms with van der Waals surface area (Å²) in [6.45, 7) is 9.23. The second kappa shape index (κ2) is 12.6. The molecule has 0 aliphatic carbocycles. The molecule has 228 valence electrons. The topological polar surface area (TPSA) is 133 Å². The SMILES string of the molecule is CCOC(=O)[C@@](C)(NCc1ccc(-c2ccc3nnn(Cc4ccc5ncccc5c4)c3n2)cc1Cl)NC(=O)OC(C)(C)C. The number of hydrogen-bond donors (Lipinski definition) is 2. The van der Waals surface area contributed by atoms with Gasteiger partial charge in [0.15, 0.2) is 11.3 Å². The predicted molar refractivity (Wildman–Crippen MR) is 168 cm³/mol. The van der Waals surface area contributed by atoms with Gasteiger partial charge >= 0.3 is 12.1 Å². The molecule has 0 aliphatic heterocycles. The van der Waals surface area contributed by atoms with E-state index in [4.69, 9.17) is 26.1 Å². The zero-order valence-electron chi connectivity index (χ0n) is 25.2. The van der Waals surface area contributed by atoms with E-state index in [2.05, 4.69) is 32.0 Å². The van der Waals surface area contributed by atoms with Crippen LogP contribution in [0.25, 0.3) is 33.3 Å². The third-order valence-corrected chi connectivity index (χ3v) is 7.13. The number of benzene rings is 2. The molecule has 0 spiro atoms. The minimum atomic E-state index is -1.56. The van der Waals surface area contributed by atoms with Gasteiger partial charge in [0, 0.05) is 28.7 Å². The summed E-state index contributed by atoms with van der Waals surface area (Å²) in [7, 11) is 0. The van der Waals surface area contributed by atoms with Crippen molar-refractivity contribution in [3.05, 3.63) is 83.0 Å². The molecular formula is C32H34ClN7O4. The molecule has 2 aromatic carbocycles. The normalized spacial score (nSPS) is 13.0. The second-order valence-electron chi connectivity index (χ2n) is 11.4. The van der Waals surface area contributed by atoms with Crippen molar-refractivity contribution in [2.75, 3.05) is 6.61 Å². The van der Waals surface area contributed by atoms with Gasteiger partial charge in [0.2, 0.25) is 0 Å². The average molecular weight is 616 g/mol. The maximum Gasteiger partial charge on any atom is 0.409 e. The highest BCUT2D eigenvalue weighted by atomic mass is 35.5. The number of esters is 1. The number of hydrogen-bond acceptors (Lipinski definition) is 9. The van der Waals surface area contributed by atoms with Crippen molar-refractivity contribution in [2.24, 2.45) is 0 Å². The first kappa shape index (κ1) is 30.8. The Morgan fingerprint density at radius 2 is 1.80 bits per heavy atom. The first-order chi connectivity index (χ1) is 20.9. The predicted octanol–water partition coefficient (Wildman–Crippen LogP) is 5.64. The zero-order valence-corrected chi connectivity index (χ0v) is 26.0. The summed E-state index contributed by atoms with van der Waals surface area (Å²) in [5.74, 6) is -0.651. The van der Waals surface area contributed by atoms with Crippen molar-refractivity contribution in [2.45, 2.75) is 59.0 Å². The fourth-order valence-electron chi connectivity index (χ4n) is 4.59. The van der Waals surface area contributed by atoms with E-state index < -0.39 is 23.3 Å². The minimum absolute atomic E-state index is 0.146. The van der Waals surface area contributed by atoms with Crippen LogP contribution in [0.15, 0.2) is 66.9 Å². The average Bonchev–Trinajstić information content (AvgIpc) is 3.37. The Hall–Kier alpha value is -4.61. The number of aromatic nitrogens is 5. The van der Waals surface area contributed by atoms with Gasteiger partial charge in [-0.15, -0.1) is 5.10 Å². The Morgan fingerprint density at radius 3 is 2.55 bits per heavy atom. The summed E-state index contributed by atoms with van der Waals surface area (Å²) in [5.41, 5.74) is 3.22. The maximum absolute atomic E-state index is 12.8. The summed E-state index contributed by atoms with van der Waals surface area (Å²) in [4.78, 5) is 34.5.